The van der Waals surface area contributed by atoms with Crippen molar-refractivity contribution in [1.82, 2.24) is 10.3 Å². The third-order valence-corrected chi connectivity index (χ3v) is 1.85. The summed E-state index contributed by atoms with van der Waals surface area (Å²) in [6.45, 7) is 0. The first-order valence-electron chi connectivity index (χ1n) is 4.09. The highest BCUT2D eigenvalue weighted by Crippen LogP contribution is 2.00. The summed E-state index contributed by atoms with van der Waals surface area (Å²) in [7, 11) is 1.71. The van der Waals surface area contributed by atoms with Crippen molar-refractivity contribution in [3.8, 4) is 0 Å². The summed E-state index contributed by atoms with van der Waals surface area (Å²) >= 11 is 0. The van der Waals surface area contributed by atoms with Gasteiger partial charge in [-0.25, -0.2) is 0 Å². The number of hydrogen-bond acceptors (Lipinski definition) is 3. The first kappa shape index (κ1) is 9.67. The number of amides is 1. The number of carbonyl (C=O) groups is 1. The van der Waals surface area contributed by atoms with E-state index in [1.54, 1.807) is 19.4 Å². The van der Waals surface area contributed by atoms with Gasteiger partial charge in [-0.3, -0.25) is 9.78 Å². The van der Waals surface area contributed by atoms with Crippen LogP contribution in [0.1, 0.15) is 5.56 Å². The van der Waals surface area contributed by atoms with E-state index in [-0.39, 0.29) is 11.9 Å². The normalized spacial score (nSPS) is 12.4. The molecule has 1 heterocycles. The summed E-state index contributed by atoms with van der Waals surface area (Å²) in [6, 6.07) is 3.44. The molecule has 1 atom stereocenters. The molecule has 0 aromatic carbocycles. The molecule has 70 valence electrons. The molecule has 0 aliphatic heterocycles. The maximum absolute atomic E-state index is 10.9. The van der Waals surface area contributed by atoms with Gasteiger partial charge in [0.2, 0.25) is 5.91 Å². The largest absolute Gasteiger partial charge is 0.368 e. The van der Waals surface area contributed by atoms with Crippen LogP contribution in [0.15, 0.2) is 24.5 Å². The van der Waals surface area contributed by atoms with Gasteiger partial charge in [0.05, 0.1) is 6.04 Å². The number of hydrogen-bond donors (Lipinski definition) is 2. The lowest BCUT2D eigenvalue weighted by Crippen LogP contribution is -2.40. The average molecular weight is 179 g/mol. The van der Waals surface area contributed by atoms with Crippen LogP contribution in [0, 0.1) is 0 Å². The highest BCUT2D eigenvalue weighted by Gasteiger charge is 2.12. The molecule has 0 saturated carbocycles. The van der Waals surface area contributed by atoms with E-state index in [1.807, 2.05) is 12.1 Å². The molecule has 4 nitrogen and oxygen atoms in total. The van der Waals surface area contributed by atoms with Gasteiger partial charge in [0.1, 0.15) is 0 Å². The molecule has 13 heavy (non-hydrogen) atoms. The van der Waals surface area contributed by atoms with Gasteiger partial charge in [0.25, 0.3) is 0 Å². The molecule has 0 radical (unpaired) electrons. The first-order chi connectivity index (χ1) is 6.24. The number of carbonyl (C=O) groups excluding carboxylic acids is 1. The Morgan fingerprint density at radius 1 is 1.77 bits per heavy atom. The molecule has 0 unspecified atom stereocenters. The second-order valence-corrected chi connectivity index (χ2v) is 2.81. The van der Waals surface area contributed by atoms with Gasteiger partial charge in [-0.1, -0.05) is 6.07 Å². The Hall–Kier alpha value is -1.42. The van der Waals surface area contributed by atoms with Gasteiger partial charge in [0, 0.05) is 12.4 Å². The Balaban J connectivity index is 2.62. The molecule has 0 saturated heterocycles. The summed E-state index contributed by atoms with van der Waals surface area (Å²) in [5.74, 6) is -0.341. The maximum Gasteiger partial charge on any atom is 0.234 e. The van der Waals surface area contributed by atoms with Crippen LogP contribution in [0.3, 0.4) is 0 Å². The summed E-state index contributed by atoms with van der Waals surface area (Å²) in [4.78, 5) is 14.8. The van der Waals surface area contributed by atoms with Crippen LogP contribution in [0.5, 0.6) is 0 Å². The number of likely N-dealkylation sites (N-methyl/N-ethyl adjacent to an activating group) is 1. The fourth-order valence-electron chi connectivity index (χ4n) is 1.10. The number of aromatic nitrogens is 1. The monoisotopic (exact) mass is 179 g/mol. The van der Waals surface area contributed by atoms with E-state index >= 15 is 0 Å². The number of pyridine rings is 1. The highest BCUT2D eigenvalue weighted by molar-refractivity contribution is 5.80. The number of primary amides is 1. The molecule has 1 aromatic heterocycles. The predicted octanol–water partition coefficient (Wildman–Crippen LogP) is -0.303. The fourth-order valence-corrected chi connectivity index (χ4v) is 1.10. The van der Waals surface area contributed by atoms with Gasteiger partial charge < -0.3 is 11.1 Å². The van der Waals surface area contributed by atoms with E-state index in [0.717, 1.165) is 5.56 Å². The molecule has 1 aromatic rings. The lowest BCUT2D eigenvalue weighted by atomic mass is 10.1. The lowest BCUT2D eigenvalue weighted by Gasteiger charge is -2.11. The fraction of sp³-hybridized carbons (Fsp3) is 0.333. The van der Waals surface area contributed by atoms with E-state index in [0.29, 0.717) is 6.42 Å². The molecule has 0 aliphatic carbocycles. The minimum absolute atomic E-state index is 0.316. The Morgan fingerprint density at radius 3 is 3.00 bits per heavy atom. The molecule has 0 aliphatic rings. The van der Waals surface area contributed by atoms with Crippen LogP contribution in [0.25, 0.3) is 0 Å². The van der Waals surface area contributed by atoms with E-state index in [4.69, 9.17) is 5.73 Å². The Bertz CT molecular complexity index is 273. The smallest absolute Gasteiger partial charge is 0.234 e. The van der Waals surface area contributed by atoms with Gasteiger partial charge in [-0.15, -0.1) is 0 Å². The minimum Gasteiger partial charge on any atom is -0.368 e. The zero-order valence-electron chi connectivity index (χ0n) is 7.53. The van der Waals surface area contributed by atoms with Crippen LogP contribution >= 0.6 is 0 Å². The standard InChI is InChI=1S/C9H13N3O/c1-11-8(9(10)13)5-7-3-2-4-12-6-7/h2-4,6,8,11H,5H2,1H3,(H2,10,13)/t8-/m0/s1. The summed E-state index contributed by atoms with van der Waals surface area (Å²) in [5, 5.41) is 2.85. The summed E-state index contributed by atoms with van der Waals surface area (Å²) in [5.41, 5.74) is 6.17. The first-order valence-corrected chi connectivity index (χ1v) is 4.09. The second-order valence-electron chi connectivity index (χ2n) is 2.81. The van der Waals surface area contributed by atoms with Crippen molar-refractivity contribution < 1.29 is 4.79 Å². The van der Waals surface area contributed by atoms with Crippen molar-refractivity contribution in [2.75, 3.05) is 7.05 Å². The Kier molecular flexibility index (Phi) is 3.40. The average Bonchev–Trinajstić information content (AvgIpc) is 2.15. The molecular formula is C9H13N3O. The van der Waals surface area contributed by atoms with Gasteiger partial charge in [-0.05, 0) is 25.1 Å². The number of nitrogens with one attached hydrogen (secondary N) is 1. The second kappa shape index (κ2) is 4.57. The highest BCUT2D eigenvalue weighted by atomic mass is 16.1. The Labute approximate surface area is 77.2 Å². The van der Waals surface area contributed by atoms with Crippen molar-refractivity contribution >= 4 is 5.91 Å². The number of nitrogens with two attached hydrogens (primary N) is 1. The van der Waals surface area contributed by atoms with Crippen LogP contribution in [0.2, 0.25) is 0 Å². The SMILES string of the molecule is CN[C@@H](Cc1cccnc1)C(N)=O. The minimum atomic E-state index is -0.341. The molecule has 0 spiro atoms. The van der Waals surface area contributed by atoms with Crippen molar-refractivity contribution in [3.63, 3.8) is 0 Å². The maximum atomic E-state index is 10.9. The van der Waals surface area contributed by atoms with E-state index < -0.39 is 0 Å². The molecule has 3 N–H and O–H groups in total. The van der Waals surface area contributed by atoms with E-state index in [9.17, 15) is 4.79 Å². The van der Waals surface area contributed by atoms with Gasteiger partial charge in [-0.2, -0.15) is 0 Å². The van der Waals surface area contributed by atoms with E-state index in [2.05, 4.69) is 10.3 Å². The van der Waals surface area contributed by atoms with Crippen LogP contribution in [-0.4, -0.2) is 24.0 Å². The zero-order valence-corrected chi connectivity index (χ0v) is 7.53. The van der Waals surface area contributed by atoms with Crippen LogP contribution in [-0.2, 0) is 11.2 Å². The molecule has 0 bridgehead atoms. The zero-order chi connectivity index (χ0) is 9.68. The predicted molar refractivity (Wildman–Crippen MR) is 50.0 cm³/mol. The van der Waals surface area contributed by atoms with Crippen LogP contribution < -0.4 is 11.1 Å². The molecular weight excluding hydrogens is 166 g/mol. The number of nitrogens with zero attached hydrogens (tertiary/aromatic N) is 1. The molecule has 0 fully saturated rings. The van der Waals surface area contributed by atoms with Crippen molar-refractivity contribution in [2.45, 2.75) is 12.5 Å². The lowest BCUT2D eigenvalue weighted by molar-refractivity contribution is -0.119. The summed E-state index contributed by atoms with van der Waals surface area (Å²) in [6.07, 6.45) is 4.01. The van der Waals surface area contributed by atoms with Gasteiger partial charge in [0.15, 0.2) is 0 Å². The summed E-state index contributed by atoms with van der Waals surface area (Å²) < 4.78 is 0. The van der Waals surface area contributed by atoms with Crippen molar-refractivity contribution in [1.29, 1.82) is 0 Å². The molecule has 1 amide bonds. The third-order valence-electron chi connectivity index (χ3n) is 1.85. The number of rotatable bonds is 4. The molecule has 1 rings (SSSR count). The van der Waals surface area contributed by atoms with E-state index in [1.165, 1.54) is 0 Å². The van der Waals surface area contributed by atoms with Crippen molar-refractivity contribution in [3.05, 3.63) is 30.1 Å². The van der Waals surface area contributed by atoms with Crippen LogP contribution in [0.4, 0.5) is 0 Å². The molecule has 4 heteroatoms. The third kappa shape index (κ3) is 2.83. The topological polar surface area (TPSA) is 68.0 Å². The Morgan fingerprint density at radius 2 is 2.54 bits per heavy atom. The van der Waals surface area contributed by atoms with Crippen molar-refractivity contribution in [2.24, 2.45) is 5.73 Å². The van der Waals surface area contributed by atoms with Gasteiger partial charge >= 0.3 is 0 Å². The quantitative estimate of drug-likeness (QED) is 0.666.